The highest BCUT2D eigenvalue weighted by atomic mass is 32.2. The molecular formula is C7H18N2O2S. The Bertz CT molecular complexity index is 197. The van der Waals surface area contributed by atoms with Gasteiger partial charge in [-0.1, -0.05) is 6.92 Å². The third-order valence-corrected chi connectivity index (χ3v) is 2.83. The van der Waals surface area contributed by atoms with Gasteiger partial charge in [-0.15, -0.1) is 0 Å². The van der Waals surface area contributed by atoms with Crippen molar-refractivity contribution in [1.29, 1.82) is 0 Å². The summed E-state index contributed by atoms with van der Waals surface area (Å²) in [6.07, 6.45) is 3.69. The van der Waals surface area contributed by atoms with E-state index in [-0.39, 0.29) is 11.8 Å². The molecule has 12 heavy (non-hydrogen) atoms. The number of hydrogen-bond acceptors (Lipinski definition) is 4. The first-order valence-electron chi connectivity index (χ1n) is 4.13. The van der Waals surface area contributed by atoms with Crippen LogP contribution < -0.4 is 11.3 Å². The van der Waals surface area contributed by atoms with Crippen LogP contribution in [0.15, 0.2) is 0 Å². The summed E-state index contributed by atoms with van der Waals surface area (Å²) in [4.78, 5) is 0. The second-order valence-corrected chi connectivity index (χ2v) is 5.30. The molecule has 0 aromatic heterocycles. The van der Waals surface area contributed by atoms with Crippen LogP contribution in [0, 0.1) is 0 Å². The molecule has 0 aromatic carbocycles. The lowest BCUT2D eigenvalue weighted by molar-refractivity contribution is 0.475. The Morgan fingerprint density at radius 2 is 2.08 bits per heavy atom. The van der Waals surface area contributed by atoms with E-state index in [1.165, 1.54) is 6.26 Å². The summed E-state index contributed by atoms with van der Waals surface area (Å²) in [6.45, 7) is 2.02. The summed E-state index contributed by atoms with van der Waals surface area (Å²) in [7, 11) is -2.80. The average molecular weight is 194 g/mol. The Labute approximate surface area is 74.4 Å². The molecule has 0 aliphatic rings. The van der Waals surface area contributed by atoms with Crippen molar-refractivity contribution < 1.29 is 8.42 Å². The van der Waals surface area contributed by atoms with Crippen LogP contribution in [0.5, 0.6) is 0 Å². The van der Waals surface area contributed by atoms with Gasteiger partial charge in [-0.2, -0.15) is 0 Å². The lowest BCUT2D eigenvalue weighted by Gasteiger charge is -2.11. The van der Waals surface area contributed by atoms with E-state index >= 15 is 0 Å². The topological polar surface area (TPSA) is 72.2 Å². The van der Waals surface area contributed by atoms with Gasteiger partial charge in [-0.3, -0.25) is 11.3 Å². The maximum Gasteiger partial charge on any atom is 0.147 e. The van der Waals surface area contributed by atoms with Gasteiger partial charge < -0.3 is 0 Å². The highest BCUT2D eigenvalue weighted by molar-refractivity contribution is 7.90. The van der Waals surface area contributed by atoms with Gasteiger partial charge in [0.25, 0.3) is 0 Å². The molecule has 0 fully saturated rings. The van der Waals surface area contributed by atoms with E-state index in [0.717, 1.165) is 12.8 Å². The fraction of sp³-hybridized carbons (Fsp3) is 1.00. The number of nitrogens with one attached hydrogen (secondary N) is 1. The molecule has 4 nitrogen and oxygen atoms in total. The summed E-state index contributed by atoms with van der Waals surface area (Å²) < 4.78 is 21.5. The maximum absolute atomic E-state index is 10.7. The molecule has 0 saturated heterocycles. The molecule has 0 rings (SSSR count). The number of hydrogen-bond donors (Lipinski definition) is 2. The second-order valence-electron chi connectivity index (χ2n) is 3.04. The summed E-state index contributed by atoms with van der Waals surface area (Å²) in [6, 6.07) is 0.242. The first-order chi connectivity index (χ1) is 5.49. The van der Waals surface area contributed by atoms with E-state index in [1.54, 1.807) is 0 Å². The van der Waals surface area contributed by atoms with Crippen molar-refractivity contribution in [3.8, 4) is 0 Å². The molecular weight excluding hydrogens is 176 g/mol. The van der Waals surface area contributed by atoms with Gasteiger partial charge in [-0.05, 0) is 19.3 Å². The zero-order valence-corrected chi connectivity index (χ0v) is 8.52. The van der Waals surface area contributed by atoms with E-state index in [2.05, 4.69) is 5.43 Å². The fourth-order valence-electron chi connectivity index (χ4n) is 0.997. The fourth-order valence-corrected chi connectivity index (χ4v) is 1.69. The third kappa shape index (κ3) is 6.57. The first kappa shape index (κ1) is 11.9. The summed E-state index contributed by atoms with van der Waals surface area (Å²) in [5.41, 5.74) is 2.64. The highest BCUT2D eigenvalue weighted by Gasteiger charge is 2.06. The molecule has 0 aromatic rings. The number of sulfone groups is 1. The lowest BCUT2D eigenvalue weighted by atomic mass is 10.1. The molecule has 5 heteroatoms. The first-order valence-corrected chi connectivity index (χ1v) is 6.19. The minimum absolute atomic E-state index is 0.242. The number of hydrazine groups is 1. The molecule has 0 bridgehead atoms. The molecule has 0 spiro atoms. The van der Waals surface area contributed by atoms with E-state index in [1.807, 2.05) is 6.92 Å². The average Bonchev–Trinajstić information content (AvgIpc) is 1.96. The molecule has 0 amide bonds. The van der Waals surface area contributed by atoms with Crippen molar-refractivity contribution in [3.05, 3.63) is 0 Å². The normalized spacial score (nSPS) is 14.6. The third-order valence-electron chi connectivity index (χ3n) is 1.80. The SMILES string of the molecule is CCC(CCCS(C)(=O)=O)NN. The van der Waals surface area contributed by atoms with Crippen LogP contribution in [0.4, 0.5) is 0 Å². The predicted molar refractivity (Wildman–Crippen MR) is 50.3 cm³/mol. The molecule has 0 saturated carbocycles. The molecule has 3 N–H and O–H groups in total. The van der Waals surface area contributed by atoms with E-state index in [9.17, 15) is 8.42 Å². The molecule has 74 valence electrons. The van der Waals surface area contributed by atoms with Crippen LogP contribution in [-0.2, 0) is 9.84 Å². The van der Waals surface area contributed by atoms with Crippen molar-refractivity contribution in [2.75, 3.05) is 12.0 Å². The number of nitrogens with two attached hydrogens (primary N) is 1. The van der Waals surface area contributed by atoms with Gasteiger partial charge in [0.2, 0.25) is 0 Å². The standard InChI is InChI=1S/C7H18N2O2S/c1-3-7(9-8)5-4-6-12(2,10)11/h7,9H,3-6,8H2,1-2H3. The molecule has 1 unspecified atom stereocenters. The summed E-state index contributed by atoms with van der Waals surface area (Å²) in [5, 5.41) is 0. The van der Waals surface area contributed by atoms with Crippen molar-refractivity contribution in [3.63, 3.8) is 0 Å². The quantitative estimate of drug-likeness (QED) is 0.463. The maximum atomic E-state index is 10.7. The van der Waals surface area contributed by atoms with Crippen molar-refractivity contribution in [2.24, 2.45) is 5.84 Å². The predicted octanol–water partition coefficient (Wildman–Crippen LogP) is 0.0531. The number of rotatable bonds is 6. The van der Waals surface area contributed by atoms with Gasteiger partial charge in [0.05, 0.1) is 0 Å². The van der Waals surface area contributed by atoms with Crippen LogP contribution in [0.3, 0.4) is 0 Å². The van der Waals surface area contributed by atoms with Crippen LogP contribution >= 0.6 is 0 Å². The zero-order valence-electron chi connectivity index (χ0n) is 7.71. The molecule has 1 atom stereocenters. The Morgan fingerprint density at radius 3 is 2.42 bits per heavy atom. The minimum Gasteiger partial charge on any atom is -0.271 e. The van der Waals surface area contributed by atoms with Crippen molar-refractivity contribution >= 4 is 9.84 Å². The van der Waals surface area contributed by atoms with Gasteiger partial charge >= 0.3 is 0 Å². The van der Waals surface area contributed by atoms with Crippen LogP contribution in [-0.4, -0.2) is 26.5 Å². The Kier molecular flexibility index (Phi) is 5.44. The van der Waals surface area contributed by atoms with Gasteiger partial charge in [0.15, 0.2) is 0 Å². The van der Waals surface area contributed by atoms with Crippen LogP contribution in [0.1, 0.15) is 26.2 Å². The summed E-state index contributed by atoms with van der Waals surface area (Å²) in [5.74, 6) is 5.49. The van der Waals surface area contributed by atoms with Gasteiger partial charge in [-0.25, -0.2) is 8.42 Å². The summed E-state index contributed by atoms with van der Waals surface area (Å²) >= 11 is 0. The largest absolute Gasteiger partial charge is 0.271 e. The minimum atomic E-state index is -2.80. The highest BCUT2D eigenvalue weighted by Crippen LogP contribution is 2.01. The smallest absolute Gasteiger partial charge is 0.147 e. The molecule has 0 heterocycles. The molecule has 0 radical (unpaired) electrons. The van der Waals surface area contributed by atoms with E-state index < -0.39 is 9.84 Å². The van der Waals surface area contributed by atoms with Gasteiger partial charge in [0.1, 0.15) is 9.84 Å². The van der Waals surface area contributed by atoms with Crippen LogP contribution in [0.2, 0.25) is 0 Å². The Hall–Kier alpha value is -0.130. The van der Waals surface area contributed by atoms with Crippen LogP contribution in [0.25, 0.3) is 0 Å². The van der Waals surface area contributed by atoms with Crippen molar-refractivity contribution in [2.45, 2.75) is 32.2 Å². The lowest BCUT2D eigenvalue weighted by Crippen LogP contribution is -2.34. The Balaban J connectivity index is 3.55. The van der Waals surface area contributed by atoms with Gasteiger partial charge in [0, 0.05) is 18.1 Å². The van der Waals surface area contributed by atoms with Crippen molar-refractivity contribution in [1.82, 2.24) is 5.43 Å². The zero-order chi connectivity index (χ0) is 9.61. The second kappa shape index (κ2) is 5.50. The molecule has 0 aliphatic heterocycles. The molecule has 0 aliphatic carbocycles. The Morgan fingerprint density at radius 1 is 1.50 bits per heavy atom. The van der Waals surface area contributed by atoms with E-state index in [0.29, 0.717) is 6.42 Å². The van der Waals surface area contributed by atoms with E-state index in [4.69, 9.17) is 5.84 Å². The monoisotopic (exact) mass is 194 g/mol.